The molecule has 2 aliphatic carbocycles. The molecule has 8 rings (SSSR count). The highest BCUT2D eigenvalue weighted by Crippen LogP contribution is 2.39. The molecule has 2 aromatic heterocycles. The molecule has 262 valence electrons. The lowest BCUT2D eigenvalue weighted by atomic mass is 9.93. The van der Waals surface area contributed by atoms with E-state index in [1.165, 1.54) is 0 Å². The number of hydrogen-bond acceptors (Lipinski definition) is 5. The van der Waals surface area contributed by atoms with Crippen molar-refractivity contribution in [3.05, 3.63) is 181 Å². The number of allylic oxidation sites excluding steroid dienone is 12. The van der Waals surface area contributed by atoms with Crippen LogP contribution in [0.1, 0.15) is 56.7 Å². The second-order valence-electron chi connectivity index (χ2n) is 13.3. The predicted octanol–water partition coefficient (Wildman–Crippen LogP) is 12.4. The molecule has 0 radical (unpaired) electrons. The maximum absolute atomic E-state index is 5.53. The fourth-order valence-electron chi connectivity index (χ4n) is 7.00. The van der Waals surface area contributed by atoms with Gasteiger partial charge in [-0.3, -0.25) is 0 Å². The van der Waals surface area contributed by atoms with Crippen LogP contribution in [0.2, 0.25) is 0 Å². The van der Waals surface area contributed by atoms with Crippen LogP contribution in [0.3, 0.4) is 0 Å². The Hall–Kier alpha value is -6.59. The van der Waals surface area contributed by atoms with E-state index in [9.17, 15) is 0 Å². The van der Waals surface area contributed by atoms with Crippen molar-refractivity contribution in [3.63, 3.8) is 0 Å². The van der Waals surface area contributed by atoms with E-state index in [2.05, 4.69) is 103 Å². The molecule has 0 spiro atoms. The van der Waals surface area contributed by atoms with Gasteiger partial charge in [0.2, 0.25) is 0 Å². The Morgan fingerprint density at radius 1 is 0.481 bits per heavy atom. The number of rotatable bonds is 9. The summed E-state index contributed by atoms with van der Waals surface area (Å²) in [6.07, 6.45) is 23.6. The quantitative estimate of drug-likeness (QED) is 0.141. The highest BCUT2D eigenvalue weighted by atomic mass is 15.0. The largest absolute Gasteiger partial charge is 0.243 e. The van der Waals surface area contributed by atoms with Gasteiger partial charge >= 0.3 is 0 Å². The Balaban J connectivity index is 1.31. The van der Waals surface area contributed by atoms with Crippen molar-refractivity contribution in [2.45, 2.75) is 39.5 Å². The standard InChI is InChI=1S/C49H41N5/c1-3-20-34(4-2)47-52-48(38-27-15-8-16-28-38)54-49(53-47)42-32-18-17-31-41(42)39-29-19-30-40(33-39)46-45(37-25-13-7-14-26-37)50-43(35-21-9-5-10-22-35)44(51-46)36-23-11-6-12-24-36/h3-4,7-9,11,13-33H,5-6,10,12H2,1-2H3/b20-3-,34-4+. The summed E-state index contributed by atoms with van der Waals surface area (Å²) in [5.41, 5.74) is 12.6. The van der Waals surface area contributed by atoms with Gasteiger partial charge in [-0.2, -0.15) is 0 Å². The lowest BCUT2D eigenvalue weighted by Gasteiger charge is -2.19. The molecule has 5 heteroatoms. The summed E-state index contributed by atoms with van der Waals surface area (Å²) in [5, 5.41) is 0. The summed E-state index contributed by atoms with van der Waals surface area (Å²) in [6.45, 7) is 4.01. The van der Waals surface area contributed by atoms with E-state index in [0.29, 0.717) is 17.5 Å². The third-order valence-electron chi connectivity index (χ3n) is 9.68. The molecule has 0 saturated heterocycles. The molecule has 0 atom stereocenters. The number of aromatic nitrogens is 5. The van der Waals surface area contributed by atoms with Crippen LogP contribution in [0.4, 0.5) is 0 Å². The van der Waals surface area contributed by atoms with Gasteiger partial charge in [-0.1, -0.05) is 158 Å². The van der Waals surface area contributed by atoms with Crippen LogP contribution < -0.4 is 0 Å². The zero-order chi connectivity index (χ0) is 36.7. The summed E-state index contributed by atoms with van der Waals surface area (Å²) >= 11 is 0. The maximum atomic E-state index is 5.53. The van der Waals surface area contributed by atoms with Gasteiger partial charge in [-0.05, 0) is 67.9 Å². The molecule has 0 aliphatic heterocycles. The fourth-order valence-corrected chi connectivity index (χ4v) is 7.00. The summed E-state index contributed by atoms with van der Waals surface area (Å²) in [7, 11) is 0. The predicted molar refractivity (Wildman–Crippen MR) is 224 cm³/mol. The Morgan fingerprint density at radius 3 is 1.65 bits per heavy atom. The maximum Gasteiger partial charge on any atom is 0.164 e. The van der Waals surface area contributed by atoms with Crippen LogP contribution >= 0.6 is 0 Å². The zero-order valence-corrected chi connectivity index (χ0v) is 30.7. The number of nitrogens with zero attached hydrogens (tertiary/aromatic N) is 5. The van der Waals surface area contributed by atoms with E-state index in [1.54, 1.807) is 0 Å². The first kappa shape index (κ1) is 34.5. The van der Waals surface area contributed by atoms with Crippen molar-refractivity contribution >= 4 is 16.7 Å². The average molecular weight is 700 g/mol. The molecule has 0 saturated carbocycles. The lowest BCUT2D eigenvalue weighted by Crippen LogP contribution is -2.06. The Labute approximate surface area is 317 Å². The van der Waals surface area contributed by atoms with E-state index in [0.717, 1.165) is 98.6 Å². The first-order valence-corrected chi connectivity index (χ1v) is 18.7. The Bertz CT molecular complexity index is 2500. The molecule has 0 unspecified atom stereocenters. The normalized spacial score (nSPS) is 14.3. The summed E-state index contributed by atoms with van der Waals surface area (Å²) < 4.78 is 0. The summed E-state index contributed by atoms with van der Waals surface area (Å²) in [6, 6.07) is 37.5. The average Bonchev–Trinajstić information content (AvgIpc) is 3.26. The number of hydrogen-bond donors (Lipinski definition) is 0. The van der Waals surface area contributed by atoms with Crippen molar-refractivity contribution in [1.29, 1.82) is 0 Å². The molecule has 0 bridgehead atoms. The minimum Gasteiger partial charge on any atom is -0.243 e. The monoisotopic (exact) mass is 699 g/mol. The first-order chi connectivity index (χ1) is 26.7. The molecule has 0 N–H and O–H groups in total. The van der Waals surface area contributed by atoms with Gasteiger partial charge in [-0.25, -0.2) is 24.9 Å². The first-order valence-electron chi connectivity index (χ1n) is 18.7. The van der Waals surface area contributed by atoms with Crippen LogP contribution in [-0.2, 0) is 0 Å². The van der Waals surface area contributed by atoms with Crippen molar-refractivity contribution in [3.8, 4) is 56.4 Å². The molecule has 0 fully saturated rings. The van der Waals surface area contributed by atoms with E-state index in [-0.39, 0.29) is 0 Å². The topological polar surface area (TPSA) is 64.5 Å². The lowest BCUT2D eigenvalue weighted by molar-refractivity contribution is 1.02. The third-order valence-corrected chi connectivity index (χ3v) is 9.68. The van der Waals surface area contributed by atoms with Crippen LogP contribution in [0.5, 0.6) is 0 Å². The van der Waals surface area contributed by atoms with Crippen LogP contribution in [0, 0.1) is 0 Å². The van der Waals surface area contributed by atoms with Crippen molar-refractivity contribution in [1.82, 2.24) is 24.9 Å². The Morgan fingerprint density at radius 2 is 1.04 bits per heavy atom. The highest BCUT2D eigenvalue weighted by Gasteiger charge is 2.22. The van der Waals surface area contributed by atoms with Crippen LogP contribution in [0.25, 0.3) is 73.1 Å². The van der Waals surface area contributed by atoms with E-state index in [4.69, 9.17) is 24.9 Å². The Kier molecular flexibility index (Phi) is 10.2. The third kappa shape index (κ3) is 7.22. The van der Waals surface area contributed by atoms with Gasteiger partial charge in [0.25, 0.3) is 0 Å². The minimum absolute atomic E-state index is 0.616. The summed E-state index contributed by atoms with van der Waals surface area (Å²) in [5.74, 6) is 1.88. The van der Waals surface area contributed by atoms with Gasteiger partial charge < -0.3 is 0 Å². The fraction of sp³-hybridized carbons (Fsp3) is 0.122. The van der Waals surface area contributed by atoms with E-state index >= 15 is 0 Å². The molecular weight excluding hydrogens is 659 g/mol. The van der Waals surface area contributed by atoms with Gasteiger partial charge in [0.15, 0.2) is 17.5 Å². The van der Waals surface area contributed by atoms with Crippen LogP contribution in [0.15, 0.2) is 164 Å². The molecule has 5 nitrogen and oxygen atoms in total. The smallest absolute Gasteiger partial charge is 0.164 e. The van der Waals surface area contributed by atoms with Crippen molar-refractivity contribution in [2.24, 2.45) is 0 Å². The molecular formula is C49H41N5. The zero-order valence-electron chi connectivity index (χ0n) is 30.7. The van der Waals surface area contributed by atoms with Gasteiger partial charge in [-0.15, -0.1) is 0 Å². The molecule has 2 aliphatic rings. The number of benzene rings is 4. The minimum atomic E-state index is 0.616. The van der Waals surface area contributed by atoms with E-state index in [1.807, 2.05) is 74.5 Å². The molecule has 4 aromatic carbocycles. The summed E-state index contributed by atoms with van der Waals surface area (Å²) in [4.78, 5) is 26.1. The van der Waals surface area contributed by atoms with Crippen molar-refractivity contribution < 1.29 is 0 Å². The highest BCUT2D eigenvalue weighted by molar-refractivity contribution is 5.90. The second kappa shape index (κ2) is 16.0. The SMILES string of the molecule is C/C=C\C(=C/C)c1nc(-c2ccccc2)nc(-c2ccccc2-c2cccc(-c3nc(C4=CCCC=C4)c(C4=CCCC=C4)nc3-c3ccccc3)c2)n1. The molecule has 0 amide bonds. The van der Waals surface area contributed by atoms with Gasteiger partial charge in [0.05, 0.1) is 22.8 Å². The van der Waals surface area contributed by atoms with Crippen LogP contribution in [-0.4, -0.2) is 24.9 Å². The van der Waals surface area contributed by atoms with Crippen molar-refractivity contribution in [2.75, 3.05) is 0 Å². The molecule has 2 heterocycles. The molecule has 54 heavy (non-hydrogen) atoms. The van der Waals surface area contributed by atoms with Gasteiger partial charge in [0.1, 0.15) is 0 Å². The second-order valence-corrected chi connectivity index (χ2v) is 13.3. The van der Waals surface area contributed by atoms with Gasteiger partial charge in [0, 0.05) is 27.8 Å². The van der Waals surface area contributed by atoms with E-state index < -0.39 is 0 Å². The molecule has 6 aromatic rings.